The monoisotopic (exact) mass is 292 g/mol. The van der Waals surface area contributed by atoms with Gasteiger partial charge in [-0.05, 0) is 25.3 Å². The molecule has 0 aliphatic rings. The van der Waals surface area contributed by atoms with Crippen LogP contribution in [0.4, 0.5) is 0 Å². The Hall–Kier alpha value is -1.20. The van der Waals surface area contributed by atoms with Crippen molar-refractivity contribution in [1.82, 2.24) is 19.9 Å². The molecule has 110 valence electrons. The summed E-state index contributed by atoms with van der Waals surface area (Å²) in [5.74, 6) is 1.74. The molecule has 0 bridgehead atoms. The summed E-state index contributed by atoms with van der Waals surface area (Å²) in [6, 6.07) is 0. The first-order chi connectivity index (χ1) is 9.69. The zero-order valence-electron chi connectivity index (χ0n) is 12.6. The van der Waals surface area contributed by atoms with Crippen molar-refractivity contribution in [2.45, 2.75) is 46.7 Å². The first-order valence-electron chi connectivity index (χ1n) is 7.33. The van der Waals surface area contributed by atoms with Gasteiger partial charge in [-0.15, -0.1) is 11.3 Å². The second-order valence-corrected chi connectivity index (χ2v) is 6.42. The van der Waals surface area contributed by atoms with E-state index in [0.717, 1.165) is 44.0 Å². The van der Waals surface area contributed by atoms with E-state index in [4.69, 9.17) is 0 Å². The van der Waals surface area contributed by atoms with Crippen molar-refractivity contribution < 1.29 is 0 Å². The van der Waals surface area contributed by atoms with Gasteiger partial charge in [0, 0.05) is 17.8 Å². The molecule has 0 fully saturated rings. The number of hydrogen-bond acceptors (Lipinski definition) is 4. The Morgan fingerprint density at radius 2 is 2.25 bits per heavy atom. The third-order valence-corrected chi connectivity index (χ3v) is 3.99. The maximum atomic E-state index is 4.67. The largest absolute Gasteiger partial charge is 0.328 e. The van der Waals surface area contributed by atoms with E-state index in [0.29, 0.717) is 5.92 Å². The van der Waals surface area contributed by atoms with E-state index in [9.17, 15) is 0 Å². The van der Waals surface area contributed by atoms with Gasteiger partial charge in [0.05, 0.1) is 23.8 Å². The van der Waals surface area contributed by atoms with Crippen molar-refractivity contribution in [3.63, 3.8) is 0 Å². The van der Waals surface area contributed by atoms with Gasteiger partial charge in [-0.1, -0.05) is 20.8 Å². The predicted molar refractivity (Wildman–Crippen MR) is 84.0 cm³/mol. The van der Waals surface area contributed by atoms with Crippen LogP contribution in [-0.2, 0) is 19.5 Å². The molecule has 0 atom stereocenters. The fourth-order valence-electron chi connectivity index (χ4n) is 2.05. The Bertz CT molecular complexity index is 515. The van der Waals surface area contributed by atoms with Gasteiger partial charge in [0.25, 0.3) is 0 Å². The van der Waals surface area contributed by atoms with E-state index < -0.39 is 0 Å². The van der Waals surface area contributed by atoms with Crippen LogP contribution in [0.1, 0.15) is 43.7 Å². The molecular formula is C15H24N4S. The van der Waals surface area contributed by atoms with Crippen molar-refractivity contribution in [1.29, 1.82) is 0 Å². The normalized spacial score (nSPS) is 11.4. The first kappa shape index (κ1) is 15.2. The van der Waals surface area contributed by atoms with Gasteiger partial charge in [-0.25, -0.2) is 9.97 Å². The molecule has 2 rings (SSSR count). The second-order valence-electron chi connectivity index (χ2n) is 5.48. The minimum Gasteiger partial charge on any atom is -0.328 e. The molecule has 0 radical (unpaired) electrons. The molecule has 20 heavy (non-hydrogen) atoms. The minimum absolute atomic E-state index is 0.661. The van der Waals surface area contributed by atoms with Crippen molar-refractivity contribution in [3.05, 3.63) is 34.3 Å². The van der Waals surface area contributed by atoms with Crippen molar-refractivity contribution in [3.8, 4) is 0 Å². The van der Waals surface area contributed by atoms with Gasteiger partial charge in [0.1, 0.15) is 5.82 Å². The smallest absolute Gasteiger partial charge is 0.123 e. The number of aryl methyl sites for hydroxylation is 1. The Labute approximate surface area is 125 Å². The number of imidazole rings is 1. The Balaban J connectivity index is 1.93. The second kappa shape index (κ2) is 7.55. The number of aromatic nitrogens is 3. The fraction of sp³-hybridized carbons (Fsp3) is 0.600. The number of nitrogens with zero attached hydrogens (tertiary/aromatic N) is 3. The SMILES string of the molecule is CCCc1nc(Cn2ccnc2CNCC(C)C)cs1. The van der Waals surface area contributed by atoms with E-state index >= 15 is 0 Å². The lowest BCUT2D eigenvalue weighted by atomic mass is 10.2. The Morgan fingerprint density at radius 1 is 1.40 bits per heavy atom. The van der Waals surface area contributed by atoms with Crippen LogP contribution < -0.4 is 5.32 Å². The average Bonchev–Trinajstić information content (AvgIpc) is 3.01. The van der Waals surface area contributed by atoms with Crippen molar-refractivity contribution in [2.75, 3.05) is 6.54 Å². The zero-order chi connectivity index (χ0) is 14.4. The molecular weight excluding hydrogens is 268 g/mol. The van der Waals surface area contributed by atoms with Gasteiger partial charge in [-0.2, -0.15) is 0 Å². The summed E-state index contributed by atoms with van der Waals surface area (Å²) in [6.07, 6.45) is 6.14. The van der Waals surface area contributed by atoms with Crippen molar-refractivity contribution >= 4 is 11.3 Å². The molecule has 0 unspecified atom stereocenters. The highest BCUT2D eigenvalue weighted by atomic mass is 32.1. The zero-order valence-corrected chi connectivity index (χ0v) is 13.4. The van der Waals surface area contributed by atoms with E-state index in [1.165, 1.54) is 5.01 Å². The molecule has 0 saturated heterocycles. The maximum absolute atomic E-state index is 4.67. The number of rotatable bonds is 8. The molecule has 0 saturated carbocycles. The van der Waals surface area contributed by atoms with Gasteiger partial charge in [-0.3, -0.25) is 0 Å². The van der Waals surface area contributed by atoms with E-state index in [1.54, 1.807) is 11.3 Å². The summed E-state index contributed by atoms with van der Waals surface area (Å²) in [5, 5.41) is 6.84. The minimum atomic E-state index is 0.661. The van der Waals surface area contributed by atoms with E-state index in [2.05, 4.69) is 46.0 Å². The molecule has 4 nitrogen and oxygen atoms in total. The number of thiazole rings is 1. The molecule has 0 amide bonds. The lowest BCUT2D eigenvalue weighted by molar-refractivity contribution is 0.532. The molecule has 2 aromatic heterocycles. The molecule has 2 aromatic rings. The summed E-state index contributed by atoms with van der Waals surface area (Å²) in [4.78, 5) is 9.10. The predicted octanol–water partition coefficient (Wildman–Crippen LogP) is 3.09. The van der Waals surface area contributed by atoms with Crippen molar-refractivity contribution in [2.24, 2.45) is 5.92 Å². The summed E-state index contributed by atoms with van der Waals surface area (Å²) in [5.41, 5.74) is 1.14. The summed E-state index contributed by atoms with van der Waals surface area (Å²) < 4.78 is 2.18. The summed E-state index contributed by atoms with van der Waals surface area (Å²) >= 11 is 1.76. The van der Waals surface area contributed by atoms with Gasteiger partial charge < -0.3 is 9.88 Å². The fourth-order valence-corrected chi connectivity index (χ4v) is 2.94. The topological polar surface area (TPSA) is 42.7 Å². The lowest BCUT2D eigenvalue weighted by Gasteiger charge is -2.09. The summed E-state index contributed by atoms with van der Waals surface area (Å²) in [7, 11) is 0. The van der Waals surface area contributed by atoms with Crippen LogP contribution in [-0.4, -0.2) is 21.1 Å². The highest BCUT2D eigenvalue weighted by Gasteiger charge is 2.06. The van der Waals surface area contributed by atoms with E-state index in [-0.39, 0.29) is 0 Å². The molecule has 0 aromatic carbocycles. The quantitative estimate of drug-likeness (QED) is 0.813. The molecule has 5 heteroatoms. The number of nitrogens with one attached hydrogen (secondary N) is 1. The molecule has 0 aliphatic heterocycles. The number of hydrogen-bond donors (Lipinski definition) is 1. The first-order valence-corrected chi connectivity index (χ1v) is 8.21. The maximum Gasteiger partial charge on any atom is 0.123 e. The van der Waals surface area contributed by atoms with Crippen LogP contribution in [0, 0.1) is 5.92 Å². The molecule has 2 heterocycles. The van der Waals surface area contributed by atoms with E-state index in [1.807, 2.05) is 12.4 Å². The van der Waals surface area contributed by atoms with Gasteiger partial charge in [0.2, 0.25) is 0 Å². The highest BCUT2D eigenvalue weighted by Crippen LogP contribution is 2.13. The van der Waals surface area contributed by atoms with Crippen LogP contribution in [0.15, 0.2) is 17.8 Å². The third kappa shape index (κ3) is 4.42. The Kier molecular flexibility index (Phi) is 5.73. The van der Waals surface area contributed by atoms with Crippen LogP contribution in [0.25, 0.3) is 0 Å². The Morgan fingerprint density at radius 3 is 3.00 bits per heavy atom. The van der Waals surface area contributed by atoms with Gasteiger partial charge >= 0.3 is 0 Å². The molecule has 0 aliphatic carbocycles. The lowest BCUT2D eigenvalue weighted by Crippen LogP contribution is -2.21. The van der Waals surface area contributed by atoms with Gasteiger partial charge in [0.15, 0.2) is 0 Å². The van der Waals surface area contributed by atoms with Crippen LogP contribution in [0.3, 0.4) is 0 Å². The molecule has 0 spiro atoms. The highest BCUT2D eigenvalue weighted by molar-refractivity contribution is 7.09. The summed E-state index contributed by atoms with van der Waals surface area (Å²) in [6.45, 7) is 9.27. The van der Waals surface area contributed by atoms with Crippen LogP contribution in [0.5, 0.6) is 0 Å². The van der Waals surface area contributed by atoms with Crippen LogP contribution in [0.2, 0.25) is 0 Å². The van der Waals surface area contributed by atoms with Crippen LogP contribution >= 0.6 is 11.3 Å². The standard InChI is InChI=1S/C15H24N4S/c1-4-5-15-18-13(11-20-15)10-19-7-6-17-14(19)9-16-8-12(2)3/h6-7,11-12,16H,4-5,8-10H2,1-3H3. The molecule has 1 N–H and O–H groups in total. The average molecular weight is 292 g/mol. The third-order valence-electron chi connectivity index (χ3n) is 3.03.